The summed E-state index contributed by atoms with van der Waals surface area (Å²) >= 11 is 0. The second kappa shape index (κ2) is 9.76. The molecule has 0 aromatic rings. The fraction of sp³-hybridized carbons (Fsp3) is 1.00. The largest absolute Gasteiger partial charge is 0.395 e. The van der Waals surface area contributed by atoms with E-state index in [4.69, 9.17) is 5.11 Å². The molecule has 0 heterocycles. The molecule has 0 saturated carbocycles. The Morgan fingerprint density at radius 1 is 1.22 bits per heavy atom. The molecular weight excluding hydrogens is 224 g/mol. The molecule has 1 unspecified atom stereocenters. The van der Waals surface area contributed by atoms with Crippen molar-refractivity contribution in [2.24, 2.45) is 5.41 Å². The van der Waals surface area contributed by atoms with Crippen LogP contribution in [0, 0.1) is 5.41 Å². The van der Waals surface area contributed by atoms with Gasteiger partial charge in [0, 0.05) is 25.7 Å². The van der Waals surface area contributed by atoms with Crippen LogP contribution in [-0.4, -0.2) is 48.8 Å². The van der Waals surface area contributed by atoms with Crippen molar-refractivity contribution < 1.29 is 5.11 Å². The number of hydrogen-bond donors (Lipinski definition) is 2. The van der Waals surface area contributed by atoms with Crippen LogP contribution in [0.5, 0.6) is 0 Å². The fourth-order valence-corrected chi connectivity index (χ4v) is 2.53. The van der Waals surface area contributed by atoms with Crippen LogP contribution in [0.3, 0.4) is 0 Å². The lowest BCUT2D eigenvalue weighted by Gasteiger charge is -2.37. The van der Waals surface area contributed by atoms with Crippen molar-refractivity contribution in [1.82, 2.24) is 10.2 Å². The summed E-state index contributed by atoms with van der Waals surface area (Å²) in [5, 5.41) is 12.7. The van der Waals surface area contributed by atoms with Gasteiger partial charge < -0.3 is 10.4 Å². The van der Waals surface area contributed by atoms with Crippen molar-refractivity contribution in [3.8, 4) is 0 Å². The predicted molar refractivity (Wildman–Crippen MR) is 80.0 cm³/mol. The average Bonchev–Trinajstić information content (AvgIpc) is 2.29. The van der Waals surface area contributed by atoms with Crippen LogP contribution in [0.25, 0.3) is 0 Å². The van der Waals surface area contributed by atoms with Gasteiger partial charge in [-0.25, -0.2) is 0 Å². The standard InChI is InChI=1S/C15H34N2O/c1-6-8-15(5,12-16-9-7-2)13-17(10-11-18)14(3)4/h14,16,18H,6-13H2,1-5H3. The van der Waals surface area contributed by atoms with E-state index in [0.717, 1.165) is 26.2 Å². The molecule has 0 aliphatic heterocycles. The van der Waals surface area contributed by atoms with E-state index in [1.165, 1.54) is 19.3 Å². The molecule has 0 aromatic heterocycles. The minimum atomic E-state index is 0.253. The third-order valence-electron chi connectivity index (χ3n) is 3.53. The van der Waals surface area contributed by atoms with E-state index in [1.807, 2.05) is 0 Å². The normalized spacial score (nSPS) is 15.3. The van der Waals surface area contributed by atoms with Crippen molar-refractivity contribution >= 4 is 0 Å². The first-order valence-electron chi connectivity index (χ1n) is 7.54. The molecular formula is C15H34N2O. The van der Waals surface area contributed by atoms with Gasteiger partial charge >= 0.3 is 0 Å². The van der Waals surface area contributed by atoms with Gasteiger partial charge in [-0.15, -0.1) is 0 Å². The summed E-state index contributed by atoms with van der Waals surface area (Å²) in [6, 6.07) is 0.500. The van der Waals surface area contributed by atoms with Crippen LogP contribution in [-0.2, 0) is 0 Å². The summed E-state index contributed by atoms with van der Waals surface area (Å²) in [4.78, 5) is 2.39. The second-order valence-corrected chi connectivity index (χ2v) is 6.03. The highest BCUT2D eigenvalue weighted by Gasteiger charge is 2.26. The van der Waals surface area contributed by atoms with Crippen molar-refractivity contribution in [3.63, 3.8) is 0 Å². The summed E-state index contributed by atoms with van der Waals surface area (Å²) in [7, 11) is 0. The van der Waals surface area contributed by atoms with Gasteiger partial charge in [0.25, 0.3) is 0 Å². The van der Waals surface area contributed by atoms with Gasteiger partial charge in [-0.2, -0.15) is 0 Å². The first kappa shape index (κ1) is 17.9. The van der Waals surface area contributed by atoms with Crippen molar-refractivity contribution in [3.05, 3.63) is 0 Å². The molecule has 0 aromatic carbocycles. The molecule has 0 radical (unpaired) electrons. The van der Waals surface area contributed by atoms with Gasteiger partial charge in [-0.05, 0) is 38.6 Å². The molecule has 0 spiro atoms. The van der Waals surface area contributed by atoms with E-state index in [1.54, 1.807) is 0 Å². The molecule has 0 amide bonds. The van der Waals surface area contributed by atoms with E-state index in [-0.39, 0.29) is 6.61 Å². The lowest BCUT2D eigenvalue weighted by atomic mass is 9.84. The number of rotatable bonds is 11. The molecule has 110 valence electrons. The van der Waals surface area contributed by atoms with Crippen molar-refractivity contribution in [2.45, 2.75) is 59.9 Å². The van der Waals surface area contributed by atoms with Gasteiger partial charge in [0.1, 0.15) is 0 Å². The lowest BCUT2D eigenvalue weighted by molar-refractivity contribution is 0.101. The molecule has 0 bridgehead atoms. The van der Waals surface area contributed by atoms with Crippen molar-refractivity contribution in [2.75, 3.05) is 32.8 Å². The maximum atomic E-state index is 9.17. The number of aliphatic hydroxyl groups excluding tert-OH is 1. The number of nitrogens with one attached hydrogen (secondary N) is 1. The van der Waals surface area contributed by atoms with Crippen LogP contribution in [0.2, 0.25) is 0 Å². The minimum absolute atomic E-state index is 0.253. The van der Waals surface area contributed by atoms with E-state index in [0.29, 0.717) is 11.5 Å². The summed E-state index contributed by atoms with van der Waals surface area (Å²) in [6.07, 6.45) is 3.64. The summed E-state index contributed by atoms with van der Waals surface area (Å²) in [5.74, 6) is 0. The molecule has 0 saturated heterocycles. The van der Waals surface area contributed by atoms with Crippen LogP contribution >= 0.6 is 0 Å². The smallest absolute Gasteiger partial charge is 0.0558 e. The number of nitrogens with zero attached hydrogens (tertiary/aromatic N) is 1. The highest BCUT2D eigenvalue weighted by Crippen LogP contribution is 2.24. The van der Waals surface area contributed by atoms with Gasteiger partial charge in [-0.3, -0.25) is 4.90 Å². The lowest BCUT2D eigenvalue weighted by Crippen LogP contribution is -2.46. The predicted octanol–water partition coefficient (Wildman–Crippen LogP) is 2.50. The van der Waals surface area contributed by atoms with Gasteiger partial charge in [0.05, 0.1) is 6.61 Å². The number of hydrogen-bond acceptors (Lipinski definition) is 3. The van der Waals surface area contributed by atoms with Crippen LogP contribution in [0.4, 0.5) is 0 Å². The first-order valence-corrected chi connectivity index (χ1v) is 7.54. The molecule has 0 fully saturated rings. The topological polar surface area (TPSA) is 35.5 Å². The monoisotopic (exact) mass is 258 g/mol. The SMILES string of the molecule is CCCNCC(C)(CCC)CN(CCO)C(C)C. The molecule has 0 rings (SSSR count). The van der Waals surface area contributed by atoms with E-state index in [2.05, 4.69) is 44.8 Å². The highest BCUT2D eigenvalue weighted by molar-refractivity contribution is 4.82. The van der Waals surface area contributed by atoms with Gasteiger partial charge in [0.2, 0.25) is 0 Å². The Kier molecular flexibility index (Phi) is 9.70. The molecule has 2 N–H and O–H groups in total. The Morgan fingerprint density at radius 2 is 1.89 bits per heavy atom. The Balaban J connectivity index is 4.44. The Hall–Kier alpha value is -0.120. The van der Waals surface area contributed by atoms with Gasteiger partial charge in [0.15, 0.2) is 0 Å². The maximum absolute atomic E-state index is 9.17. The molecule has 0 aliphatic rings. The Labute approximate surface area is 114 Å². The molecule has 3 nitrogen and oxygen atoms in total. The Bertz CT molecular complexity index is 197. The third-order valence-corrected chi connectivity index (χ3v) is 3.53. The Morgan fingerprint density at radius 3 is 2.33 bits per heavy atom. The summed E-state index contributed by atoms with van der Waals surface area (Å²) in [6.45, 7) is 15.5. The maximum Gasteiger partial charge on any atom is 0.0558 e. The average molecular weight is 258 g/mol. The van der Waals surface area contributed by atoms with Crippen LogP contribution in [0.1, 0.15) is 53.9 Å². The molecule has 1 atom stereocenters. The zero-order valence-electron chi connectivity index (χ0n) is 13.1. The molecule has 3 heteroatoms. The van der Waals surface area contributed by atoms with E-state index in [9.17, 15) is 0 Å². The van der Waals surface area contributed by atoms with Crippen molar-refractivity contribution in [1.29, 1.82) is 0 Å². The fourth-order valence-electron chi connectivity index (χ4n) is 2.53. The van der Waals surface area contributed by atoms with Gasteiger partial charge in [-0.1, -0.05) is 27.2 Å². The van der Waals surface area contributed by atoms with E-state index >= 15 is 0 Å². The molecule has 0 aliphatic carbocycles. The second-order valence-electron chi connectivity index (χ2n) is 6.03. The zero-order chi connectivity index (χ0) is 14.0. The van der Waals surface area contributed by atoms with E-state index < -0.39 is 0 Å². The minimum Gasteiger partial charge on any atom is -0.395 e. The first-order chi connectivity index (χ1) is 8.49. The zero-order valence-corrected chi connectivity index (χ0v) is 13.1. The van der Waals surface area contributed by atoms with Crippen LogP contribution in [0.15, 0.2) is 0 Å². The third kappa shape index (κ3) is 7.34. The summed E-state index contributed by atoms with van der Waals surface area (Å²) in [5.41, 5.74) is 0.309. The quantitative estimate of drug-likeness (QED) is 0.559. The summed E-state index contributed by atoms with van der Waals surface area (Å²) < 4.78 is 0. The number of aliphatic hydroxyl groups is 1. The highest BCUT2D eigenvalue weighted by atomic mass is 16.3. The van der Waals surface area contributed by atoms with Crippen LogP contribution < -0.4 is 5.32 Å². The molecule has 18 heavy (non-hydrogen) atoms.